The first kappa shape index (κ1) is 84.5. The lowest BCUT2D eigenvalue weighted by Crippen LogP contribution is -2.65. The van der Waals surface area contributed by atoms with E-state index in [4.69, 9.17) is 21.1 Å². The van der Waals surface area contributed by atoms with Gasteiger partial charge < -0.3 is 69.5 Å². The molecule has 1 spiro atoms. The molecule has 8 rings (SSSR count). The van der Waals surface area contributed by atoms with Crippen molar-refractivity contribution in [1.82, 2.24) is 60.0 Å². The minimum absolute atomic E-state index is 0.00303. The van der Waals surface area contributed by atoms with Crippen molar-refractivity contribution in [2.75, 3.05) is 95.3 Å². The van der Waals surface area contributed by atoms with Gasteiger partial charge in [-0.25, -0.2) is 0 Å². The van der Waals surface area contributed by atoms with Gasteiger partial charge in [0.05, 0.1) is 68.0 Å². The highest BCUT2D eigenvalue weighted by Gasteiger charge is 2.53. The van der Waals surface area contributed by atoms with Gasteiger partial charge in [-0.3, -0.25) is 57.5 Å². The highest BCUT2D eigenvalue weighted by atomic mass is 35.5. The smallest absolute Gasteiger partial charge is 0.377 e. The largest absolute Gasteiger partial charge is 0.417 e. The average Bonchev–Trinajstić information content (AvgIpc) is 1.26. The van der Waals surface area contributed by atoms with Crippen LogP contribution in [-0.2, 0) is 79.6 Å². The van der Waals surface area contributed by atoms with Crippen LogP contribution in [0.15, 0.2) is 18.2 Å². The highest BCUT2D eigenvalue weighted by Crippen LogP contribution is 2.40. The summed E-state index contributed by atoms with van der Waals surface area (Å²) in [5, 5.41) is 8.21. The van der Waals surface area contributed by atoms with Crippen molar-refractivity contribution in [3.63, 3.8) is 0 Å². The van der Waals surface area contributed by atoms with Crippen molar-refractivity contribution in [2.45, 2.75) is 254 Å². The summed E-state index contributed by atoms with van der Waals surface area (Å²) < 4.78 is 53.9. The Morgan fingerprint density at radius 2 is 1.27 bits per heavy atom. The van der Waals surface area contributed by atoms with Crippen molar-refractivity contribution in [3.05, 3.63) is 34.3 Å². The number of amides is 12. The molecule has 7 fully saturated rings. The van der Waals surface area contributed by atoms with Crippen molar-refractivity contribution < 1.29 is 80.2 Å². The van der Waals surface area contributed by atoms with Crippen LogP contribution in [0.25, 0.3) is 0 Å². The number of hydrogen-bond donors (Lipinski definition) is 3. The third kappa shape index (κ3) is 20.4. The van der Waals surface area contributed by atoms with Gasteiger partial charge >= 0.3 is 6.18 Å². The fourth-order valence-electron chi connectivity index (χ4n) is 17.0. The Balaban J connectivity index is 1.20. The van der Waals surface area contributed by atoms with E-state index in [9.17, 15) is 37.1 Å². The maximum absolute atomic E-state index is 16.1. The SMILES string of the molecule is CCO[C@@H]1C[C@H]2C(=O)NC3(CCCC3)C(=O)N(C)[C@@H](C3CCCCC3)C(=O)N(C)[C@H](C(=O)N3C4CCC3COC4)CC(=O)N(C)[C@@H](CC(C)C)C(=O)N[C@@H]([C@@H](C)CC)C(=O)N(C)CC(=O)N(C)CC(=O)N(C)[C@@H](CC3CCCCC3)C(=O)N(C)CC(=O)N[C@@H](CCc3ccc(C(F)(F)F)c(Cl)c3)C(=O)N2C1. The number of halogens is 4. The molecule has 1 aromatic rings. The van der Waals surface area contributed by atoms with E-state index in [1.807, 2.05) is 20.8 Å². The van der Waals surface area contributed by atoms with Gasteiger partial charge in [-0.05, 0) is 112 Å². The number of likely N-dealkylation sites (N-methyl/N-ethyl adjacent to an activating group) is 7. The number of fused-ring (bicyclic) bond motifs is 3. The Morgan fingerprint density at radius 1 is 0.670 bits per heavy atom. The zero-order valence-electron chi connectivity index (χ0n) is 64.3. The zero-order valence-corrected chi connectivity index (χ0v) is 65.0. The molecule has 4 aliphatic heterocycles. The van der Waals surface area contributed by atoms with Crippen LogP contribution < -0.4 is 16.0 Å². The molecule has 3 saturated carbocycles. The van der Waals surface area contributed by atoms with Crippen molar-refractivity contribution in [3.8, 4) is 0 Å². The molecule has 11 atom stereocenters. The van der Waals surface area contributed by atoms with E-state index in [-0.39, 0.29) is 101 Å². The van der Waals surface area contributed by atoms with Gasteiger partial charge in [0.25, 0.3) is 0 Å². The van der Waals surface area contributed by atoms with E-state index in [0.29, 0.717) is 44.9 Å². The third-order valence-electron chi connectivity index (χ3n) is 23.6. The molecule has 2 bridgehead atoms. The first-order valence-electron chi connectivity index (χ1n) is 38.5. The number of hydrogen-bond acceptors (Lipinski definition) is 14. The number of carbonyl (C=O) groups is 12. The first-order chi connectivity index (χ1) is 50.1. The maximum atomic E-state index is 16.1. The summed E-state index contributed by atoms with van der Waals surface area (Å²) in [6.07, 6.45) is 4.32. The van der Waals surface area contributed by atoms with Crippen LogP contribution in [-0.4, -0.2) is 276 Å². The van der Waals surface area contributed by atoms with Crippen LogP contribution in [0.1, 0.15) is 187 Å². The Hall–Kier alpha value is -7.14. The second kappa shape index (κ2) is 37.3. The van der Waals surface area contributed by atoms with Crippen molar-refractivity contribution in [1.29, 1.82) is 0 Å². The van der Waals surface area contributed by atoms with Gasteiger partial charge in [0.2, 0.25) is 70.9 Å². The molecule has 7 aliphatic rings. The lowest BCUT2D eigenvalue weighted by atomic mass is 9.81. The predicted molar refractivity (Wildman–Crippen MR) is 388 cm³/mol. The van der Waals surface area contributed by atoms with E-state index >= 15 is 33.6 Å². The van der Waals surface area contributed by atoms with E-state index < -0.39 is 179 Å². The number of carbonyl (C=O) groups excluding carboxylic acids is 12. The standard InChI is InChI=1S/C76H116ClF3N12O14/c1-13-47(5)65-72(102)86(8)42-63(95)84(6)43-64(96)88(10)59(37-48-23-17-15-18-24-48)70(100)85(7)41-61(93)81-56(32-28-49-27-31-54(55(77)36-49)76(78,79)80)69(99)91-40-53(106-14-2)38-58(91)68(98)83-75(33-21-22-34-75)74(104)90(12)66(50-25-19-16-20-26-50)73(103)89(11)60(71(101)92-51-29-30-52(92)45-105-44-51)39-62(94)87(9)57(35-46(3)4)67(97)82-65/h27,31,36,46-48,50-53,56-60,65-66H,13-26,28-30,32-35,37-45H2,1-12H3,(H,81,93)(H,82,97)(H,83,98)/t47-,51?,52?,53+,56-,57-,58-,59-,60-,65-,66-/m0/s1. The Kier molecular flexibility index (Phi) is 29.7. The molecule has 4 saturated heterocycles. The van der Waals surface area contributed by atoms with Crippen LogP contribution in [0.4, 0.5) is 13.2 Å². The van der Waals surface area contributed by atoms with Crippen LogP contribution in [0.5, 0.6) is 0 Å². The summed E-state index contributed by atoms with van der Waals surface area (Å²) in [6.45, 7) is 7.82. The molecule has 30 heteroatoms. The van der Waals surface area contributed by atoms with Gasteiger partial charge in [0.15, 0.2) is 0 Å². The van der Waals surface area contributed by atoms with Crippen LogP contribution >= 0.6 is 11.6 Å². The topological polar surface area (TPSA) is 289 Å². The number of nitrogens with zero attached hydrogens (tertiary/aromatic N) is 9. The number of benzene rings is 1. The summed E-state index contributed by atoms with van der Waals surface area (Å²) in [5.74, 6) is -9.12. The summed E-state index contributed by atoms with van der Waals surface area (Å²) in [5.41, 5.74) is -2.44. The monoisotopic (exact) mass is 1510 g/mol. The number of alkyl halides is 3. The molecular weight excluding hydrogens is 1400 g/mol. The fourth-order valence-corrected chi connectivity index (χ4v) is 17.3. The second-order valence-corrected chi connectivity index (χ2v) is 32.0. The van der Waals surface area contributed by atoms with Crippen LogP contribution in [0.2, 0.25) is 5.02 Å². The lowest BCUT2D eigenvalue weighted by Gasteiger charge is -2.44. The molecule has 26 nitrogen and oxygen atoms in total. The molecule has 3 N–H and O–H groups in total. The molecule has 592 valence electrons. The molecule has 0 radical (unpaired) electrons. The third-order valence-corrected chi connectivity index (χ3v) is 23.9. The Labute approximate surface area is 627 Å². The summed E-state index contributed by atoms with van der Waals surface area (Å²) >= 11 is 6.20. The quantitative estimate of drug-likeness (QED) is 0.210. The van der Waals surface area contributed by atoms with E-state index in [1.165, 1.54) is 79.9 Å². The van der Waals surface area contributed by atoms with Gasteiger partial charge in [0, 0.05) is 68.9 Å². The normalized spacial score (nSPS) is 28.6. The zero-order chi connectivity index (χ0) is 77.8. The van der Waals surface area contributed by atoms with Gasteiger partial charge in [0.1, 0.15) is 47.8 Å². The maximum Gasteiger partial charge on any atom is 0.417 e. The minimum Gasteiger partial charge on any atom is -0.377 e. The van der Waals surface area contributed by atoms with Crippen molar-refractivity contribution in [2.24, 2.45) is 23.7 Å². The first-order valence-corrected chi connectivity index (χ1v) is 38.9. The predicted octanol–water partition coefficient (Wildman–Crippen LogP) is 5.82. The number of ether oxygens (including phenoxy) is 2. The van der Waals surface area contributed by atoms with Gasteiger partial charge in [-0.1, -0.05) is 116 Å². The van der Waals surface area contributed by atoms with E-state index in [2.05, 4.69) is 16.0 Å². The van der Waals surface area contributed by atoms with E-state index in [0.717, 1.165) is 78.2 Å². The molecular formula is C76H116ClF3N12O14. The average molecular weight is 1510 g/mol. The molecule has 4 heterocycles. The lowest BCUT2D eigenvalue weighted by molar-refractivity contribution is -0.159. The van der Waals surface area contributed by atoms with Gasteiger partial charge in [-0.15, -0.1) is 0 Å². The van der Waals surface area contributed by atoms with Gasteiger partial charge in [-0.2, -0.15) is 13.2 Å². The molecule has 2 unspecified atom stereocenters. The molecule has 106 heavy (non-hydrogen) atoms. The number of rotatable bonds is 13. The second-order valence-electron chi connectivity index (χ2n) is 31.6. The summed E-state index contributed by atoms with van der Waals surface area (Å²) in [4.78, 5) is 194. The van der Waals surface area contributed by atoms with Crippen LogP contribution in [0.3, 0.4) is 0 Å². The molecule has 1 aromatic carbocycles. The molecule has 12 amide bonds. The van der Waals surface area contributed by atoms with Crippen molar-refractivity contribution >= 4 is 82.5 Å². The summed E-state index contributed by atoms with van der Waals surface area (Å²) in [7, 11) is 9.99. The molecule has 3 aliphatic carbocycles. The Morgan fingerprint density at radius 3 is 1.87 bits per heavy atom. The number of aryl methyl sites for hydroxylation is 1. The van der Waals surface area contributed by atoms with E-state index in [1.54, 1.807) is 18.7 Å². The highest BCUT2D eigenvalue weighted by molar-refractivity contribution is 6.31. The Bertz CT molecular complexity index is 3310. The minimum atomic E-state index is -4.78. The summed E-state index contributed by atoms with van der Waals surface area (Å²) in [6, 6.07) is -6.66. The fraction of sp³-hybridized carbons (Fsp3) is 0.763. The van der Waals surface area contributed by atoms with Crippen LogP contribution in [0, 0.1) is 23.7 Å². The molecule has 0 aromatic heterocycles. The number of morpholine rings is 1. The number of nitrogens with one attached hydrogen (secondary N) is 3.